The van der Waals surface area contributed by atoms with Gasteiger partial charge in [-0.05, 0) is 24.3 Å². The summed E-state index contributed by atoms with van der Waals surface area (Å²) in [5, 5.41) is 0. The first-order chi connectivity index (χ1) is 11.0. The second-order valence-corrected chi connectivity index (χ2v) is 7.53. The van der Waals surface area contributed by atoms with E-state index in [9.17, 15) is 13.2 Å². The predicted octanol–water partition coefficient (Wildman–Crippen LogP) is 1.14. The van der Waals surface area contributed by atoms with E-state index < -0.39 is 15.8 Å². The fourth-order valence-corrected chi connectivity index (χ4v) is 4.34. The molecule has 0 saturated heterocycles. The fourth-order valence-electron chi connectivity index (χ4n) is 2.92. The first-order valence-corrected chi connectivity index (χ1v) is 8.64. The van der Waals surface area contributed by atoms with Gasteiger partial charge < -0.3 is 8.98 Å². The van der Waals surface area contributed by atoms with Gasteiger partial charge in [-0.15, -0.1) is 0 Å². The van der Waals surface area contributed by atoms with Crippen LogP contribution in [0.5, 0.6) is 0 Å². The van der Waals surface area contributed by atoms with E-state index in [1.807, 2.05) is 22.9 Å². The molecule has 0 spiro atoms. The molecule has 0 bridgehead atoms. The van der Waals surface area contributed by atoms with Crippen molar-refractivity contribution in [1.29, 1.82) is 0 Å². The summed E-state index contributed by atoms with van der Waals surface area (Å²) in [7, 11) is -2.04. The van der Waals surface area contributed by atoms with Crippen LogP contribution >= 0.6 is 0 Å². The number of sulfonamides is 1. The molecule has 0 aliphatic carbocycles. The van der Waals surface area contributed by atoms with Gasteiger partial charge in [0.15, 0.2) is 5.58 Å². The lowest BCUT2D eigenvalue weighted by Crippen LogP contribution is -2.37. The zero-order valence-corrected chi connectivity index (χ0v) is 13.3. The third-order valence-electron chi connectivity index (χ3n) is 4.25. The summed E-state index contributed by atoms with van der Waals surface area (Å²) in [5.74, 6) is -0.509. The van der Waals surface area contributed by atoms with Gasteiger partial charge in [-0.2, -0.15) is 4.31 Å². The highest BCUT2D eigenvalue weighted by atomic mass is 32.2. The highest BCUT2D eigenvalue weighted by Gasteiger charge is 2.28. The van der Waals surface area contributed by atoms with Crippen molar-refractivity contribution in [2.75, 3.05) is 6.54 Å². The summed E-state index contributed by atoms with van der Waals surface area (Å²) in [6.45, 7) is 1.39. The van der Waals surface area contributed by atoms with Crippen LogP contribution in [-0.2, 0) is 30.2 Å². The quantitative estimate of drug-likeness (QED) is 0.704. The van der Waals surface area contributed by atoms with E-state index in [1.54, 1.807) is 13.1 Å². The standard InChI is InChI=1S/C15H15N3O4S/c1-16-13-5-4-12(9-14(13)22-15(16)19)23(20,21)18-8-7-17-6-2-3-11(17)10-18/h2-6,9H,7-8,10H2,1H3. The molecule has 0 amide bonds. The highest BCUT2D eigenvalue weighted by Crippen LogP contribution is 2.24. The van der Waals surface area contributed by atoms with Crippen molar-refractivity contribution in [1.82, 2.24) is 13.4 Å². The third kappa shape index (κ3) is 2.13. The minimum absolute atomic E-state index is 0.138. The van der Waals surface area contributed by atoms with Gasteiger partial charge in [-0.1, -0.05) is 0 Å². The van der Waals surface area contributed by atoms with E-state index in [0.717, 1.165) is 5.69 Å². The Bertz CT molecular complexity index is 1060. The van der Waals surface area contributed by atoms with Gasteiger partial charge in [0.2, 0.25) is 10.0 Å². The van der Waals surface area contributed by atoms with Gasteiger partial charge in [0, 0.05) is 38.1 Å². The second-order valence-electron chi connectivity index (χ2n) is 5.59. The van der Waals surface area contributed by atoms with E-state index in [4.69, 9.17) is 4.42 Å². The van der Waals surface area contributed by atoms with Crippen LogP contribution in [0.4, 0.5) is 0 Å². The van der Waals surface area contributed by atoms with Crippen molar-refractivity contribution in [3.05, 3.63) is 52.8 Å². The number of aromatic nitrogens is 2. The van der Waals surface area contributed by atoms with Crippen molar-refractivity contribution in [3.63, 3.8) is 0 Å². The molecule has 0 N–H and O–H groups in total. The number of hydrogen-bond acceptors (Lipinski definition) is 4. The van der Waals surface area contributed by atoms with Gasteiger partial charge in [-0.25, -0.2) is 13.2 Å². The van der Waals surface area contributed by atoms with Crippen LogP contribution in [0.1, 0.15) is 5.69 Å². The molecule has 0 fully saturated rings. The molecule has 8 heteroatoms. The van der Waals surface area contributed by atoms with Crippen LogP contribution in [0.25, 0.3) is 11.1 Å². The van der Waals surface area contributed by atoms with Gasteiger partial charge in [0.05, 0.1) is 17.0 Å². The summed E-state index contributed by atoms with van der Waals surface area (Å²) < 4.78 is 35.6. The van der Waals surface area contributed by atoms with Crippen molar-refractivity contribution in [2.24, 2.45) is 7.05 Å². The maximum atomic E-state index is 12.8. The number of fused-ring (bicyclic) bond motifs is 2. The van der Waals surface area contributed by atoms with Gasteiger partial charge in [0.1, 0.15) is 0 Å². The van der Waals surface area contributed by atoms with Gasteiger partial charge >= 0.3 is 5.76 Å². The molecule has 2 aromatic heterocycles. The van der Waals surface area contributed by atoms with E-state index in [-0.39, 0.29) is 10.5 Å². The smallest absolute Gasteiger partial charge is 0.408 e. The summed E-state index contributed by atoms with van der Waals surface area (Å²) in [5.41, 5.74) is 1.81. The van der Waals surface area contributed by atoms with Crippen LogP contribution in [0.3, 0.4) is 0 Å². The molecular weight excluding hydrogens is 318 g/mol. The van der Waals surface area contributed by atoms with E-state index in [2.05, 4.69) is 0 Å². The van der Waals surface area contributed by atoms with Crippen LogP contribution in [-0.4, -0.2) is 28.4 Å². The summed E-state index contributed by atoms with van der Waals surface area (Å²) in [4.78, 5) is 11.7. The van der Waals surface area contributed by atoms with Crippen molar-refractivity contribution in [3.8, 4) is 0 Å². The molecule has 1 aliphatic heterocycles. The molecule has 120 valence electrons. The summed E-state index contributed by atoms with van der Waals surface area (Å²) in [6.07, 6.45) is 1.95. The van der Waals surface area contributed by atoms with Crippen LogP contribution in [0, 0.1) is 0 Å². The molecule has 3 heterocycles. The Morgan fingerprint density at radius 3 is 2.83 bits per heavy atom. The van der Waals surface area contributed by atoms with E-state index in [1.165, 1.54) is 21.0 Å². The van der Waals surface area contributed by atoms with Crippen molar-refractivity contribution < 1.29 is 12.8 Å². The summed E-state index contributed by atoms with van der Waals surface area (Å²) in [6, 6.07) is 8.36. The Morgan fingerprint density at radius 1 is 1.17 bits per heavy atom. The van der Waals surface area contributed by atoms with Crippen LogP contribution < -0.4 is 5.76 Å². The predicted molar refractivity (Wildman–Crippen MR) is 83.5 cm³/mol. The average Bonchev–Trinajstić information content (AvgIpc) is 3.11. The minimum Gasteiger partial charge on any atom is -0.408 e. The zero-order chi connectivity index (χ0) is 16.2. The third-order valence-corrected chi connectivity index (χ3v) is 6.09. The molecule has 3 aromatic rings. The Hall–Kier alpha value is -2.32. The largest absolute Gasteiger partial charge is 0.419 e. The molecule has 1 aromatic carbocycles. The molecule has 23 heavy (non-hydrogen) atoms. The topological polar surface area (TPSA) is 77.4 Å². The number of hydrogen-bond donors (Lipinski definition) is 0. The maximum Gasteiger partial charge on any atom is 0.419 e. The Balaban J connectivity index is 1.76. The second kappa shape index (κ2) is 4.84. The van der Waals surface area contributed by atoms with E-state index >= 15 is 0 Å². The molecule has 0 atom stereocenters. The lowest BCUT2D eigenvalue weighted by atomic mass is 10.3. The molecule has 7 nitrogen and oxygen atoms in total. The van der Waals surface area contributed by atoms with Gasteiger partial charge in [-0.3, -0.25) is 4.57 Å². The van der Waals surface area contributed by atoms with Crippen LogP contribution in [0.15, 0.2) is 50.6 Å². The number of oxazole rings is 1. The van der Waals surface area contributed by atoms with Crippen molar-refractivity contribution >= 4 is 21.1 Å². The maximum absolute atomic E-state index is 12.8. The lowest BCUT2D eigenvalue weighted by molar-refractivity contribution is 0.341. The monoisotopic (exact) mass is 333 g/mol. The molecular formula is C15H15N3O4S. The van der Waals surface area contributed by atoms with Crippen LogP contribution in [0.2, 0.25) is 0 Å². The zero-order valence-electron chi connectivity index (χ0n) is 12.5. The summed E-state index contributed by atoms with van der Waals surface area (Å²) >= 11 is 0. The first-order valence-electron chi connectivity index (χ1n) is 7.20. The highest BCUT2D eigenvalue weighted by molar-refractivity contribution is 7.89. The molecule has 0 radical (unpaired) electrons. The Labute approximate surface area is 132 Å². The normalized spacial score (nSPS) is 15.9. The first kappa shape index (κ1) is 14.3. The number of aryl methyl sites for hydroxylation is 1. The van der Waals surface area contributed by atoms with Crippen molar-refractivity contribution in [2.45, 2.75) is 18.0 Å². The Kier molecular flexibility index (Phi) is 3.00. The number of benzene rings is 1. The lowest BCUT2D eigenvalue weighted by Gasteiger charge is -2.27. The molecule has 4 rings (SSSR count). The number of nitrogens with zero attached hydrogens (tertiary/aromatic N) is 3. The fraction of sp³-hybridized carbons (Fsp3) is 0.267. The SMILES string of the molecule is Cn1c(=O)oc2cc(S(=O)(=O)N3CCn4cccc4C3)ccc21. The molecule has 1 aliphatic rings. The van der Waals surface area contributed by atoms with E-state index in [0.29, 0.717) is 25.2 Å². The molecule has 0 saturated carbocycles. The molecule has 0 unspecified atom stereocenters. The Morgan fingerprint density at radius 2 is 2.00 bits per heavy atom. The number of rotatable bonds is 2. The van der Waals surface area contributed by atoms with Gasteiger partial charge in [0.25, 0.3) is 0 Å². The minimum atomic E-state index is -3.63. The average molecular weight is 333 g/mol.